The van der Waals surface area contributed by atoms with E-state index in [4.69, 9.17) is 0 Å². The molecule has 0 bridgehead atoms. The van der Waals surface area contributed by atoms with Crippen LogP contribution in [0.2, 0.25) is 0 Å². The summed E-state index contributed by atoms with van der Waals surface area (Å²) in [5, 5.41) is 0. The first-order chi connectivity index (χ1) is 7.70. The molecule has 94 valence electrons. The number of Topliss-reactive ketones (excluding diaryl/α,β-unsaturated/α-hetero) is 1. The number of hydrogen-bond donors (Lipinski definition) is 0. The van der Waals surface area contributed by atoms with Crippen LogP contribution in [0.4, 0.5) is 0 Å². The van der Waals surface area contributed by atoms with Crippen molar-refractivity contribution in [2.75, 3.05) is 6.61 Å². The van der Waals surface area contributed by atoms with E-state index in [2.05, 4.69) is 4.74 Å². The summed E-state index contributed by atoms with van der Waals surface area (Å²) in [6.07, 6.45) is 8.89. The quantitative estimate of drug-likeness (QED) is 0.679. The van der Waals surface area contributed by atoms with Crippen LogP contribution in [0.3, 0.4) is 0 Å². The molecule has 3 nitrogen and oxygen atoms in total. The largest absolute Gasteiger partial charge is 0.468 e. The predicted octanol–water partition coefficient (Wildman–Crippen LogP) is 3.12. The summed E-state index contributed by atoms with van der Waals surface area (Å²) in [4.78, 5) is 19.9. The molecule has 0 saturated heterocycles. The van der Waals surface area contributed by atoms with Crippen molar-refractivity contribution in [1.82, 2.24) is 0 Å². The van der Waals surface area contributed by atoms with Gasteiger partial charge in [-0.2, -0.15) is 0 Å². The third-order valence-corrected chi connectivity index (χ3v) is 2.86. The van der Waals surface area contributed by atoms with Crippen molar-refractivity contribution in [1.29, 1.82) is 0 Å². The molecule has 1 aliphatic carbocycles. The fourth-order valence-corrected chi connectivity index (χ4v) is 1.95. The van der Waals surface area contributed by atoms with Gasteiger partial charge in [0.05, 0.1) is 6.61 Å². The van der Waals surface area contributed by atoms with Crippen molar-refractivity contribution in [2.45, 2.75) is 58.8 Å². The van der Waals surface area contributed by atoms with Gasteiger partial charge in [-0.3, -0.25) is 4.79 Å². The molecule has 16 heavy (non-hydrogen) atoms. The Morgan fingerprint density at radius 3 is 2.31 bits per heavy atom. The molecule has 1 saturated carbocycles. The second kappa shape index (κ2) is 10.7. The summed E-state index contributed by atoms with van der Waals surface area (Å²) in [5.74, 6) is 1.23. The lowest BCUT2D eigenvalue weighted by molar-refractivity contribution is -0.128. The highest BCUT2D eigenvalue weighted by atomic mass is 16.5. The molecule has 0 amide bonds. The molecule has 1 rings (SSSR count). The molecule has 1 aliphatic rings. The van der Waals surface area contributed by atoms with E-state index in [1.54, 1.807) is 13.8 Å². The fraction of sp³-hybridized carbons (Fsp3) is 0.846. The van der Waals surface area contributed by atoms with Crippen molar-refractivity contribution >= 4 is 12.3 Å². The van der Waals surface area contributed by atoms with Crippen molar-refractivity contribution in [2.24, 2.45) is 5.92 Å². The number of ketones is 1. The number of hydrogen-bond acceptors (Lipinski definition) is 3. The Hall–Kier alpha value is -0.860. The lowest BCUT2D eigenvalue weighted by Gasteiger charge is -2.20. The van der Waals surface area contributed by atoms with Gasteiger partial charge in [0.25, 0.3) is 6.47 Å². The first-order valence-electron chi connectivity index (χ1n) is 6.25. The van der Waals surface area contributed by atoms with E-state index in [0.29, 0.717) is 18.9 Å². The van der Waals surface area contributed by atoms with Crippen molar-refractivity contribution in [3.63, 3.8) is 0 Å². The summed E-state index contributed by atoms with van der Waals surface area (Å²) in [6.45, 7) is 4.36. The summed E-state index contributed by atoms with van der Waals surface area (Å²) >= 11 is 0. The van der Waals surface area contributed by atoms with Crippen LogP contribution in [0.25, 0.3) is 0 Å². The molecule has 0 N–H and O–H groups in total. The molecule has 0 atom stereocenters. The maximum absolute atomic E-state index is 10.7. The van der Waals surface area contributed by atoms with Gasteiger partial charge in [-0.1, -0.05) is 32.1 Å². The standard InChI is InChI=1S/C10H18O.C3H6O2/c1-9(11)7-8-10-5-3-2-4-6-10;1-2-5-3-4/h10H,2-8H2,1H3;3H,2H2,1H3. The van der Waals surface area contributed by atoms with E-state index in [0.717, 1.165) is 18.8 Å². The molecule has 0 aliphatic heterocycles. The Balaban J connectivity index is 0.000000385. The highest BCUT2D eigenvalue weighted by molar-refractivity contribution is 5.75. The number of rotatable bonds is 5. The minimum absolute atomic E-state index is 0.357. The molecule has 0 aromatic heterocycles. The SMILES string of the molecule is CC(=O)CCC1CCCCC1.CCOC=O. The van der Waals surface area contributed by atoms with E-state index < -0.39 is 0 Å². The molecule has 1 fully saturated rings. The molecular weight excluding hydrogens is 204 g/mol. The van der Waals surface area contributed by atoms with Gasteiger partial charge in [0.15, 0.2) is 0 Å². The maximum atomic E-state index is 10.7. The van der Waals surface area contributed by atoms with Crippen LogP contribution in [0.5, 0.6) is 0 Å². The Morgan fingerprint density at radius 2 is 1.94 bits per heavy atom. The van der Waals surface area contributed by atoms with Crippen LogP contribution >= 0.6 is 0 Å². The Bertz CT molecular complexity index is 184. The van der Waals surface area contributed by atoms with Gasteiger partial charge in [0.1, 0.15) is 5.78 Å². The van der Waals surface area contributed by atoms with Crippen LogP contribution in [0.1, 0.15) is 58.8 Å². The third-order valence-electron chi connectivity index (χ3n) is 2.86. The van der Waals surface area contributed by atoms with Crippen LogP contribution in [-0.4, -0.2) is 18.9 Å². The van der Waals surface area contributed by atoms with Crippen molar-refractivity contribution < 1.29 is 14.3 Å². The number of carbonyl (C=O) groups excluding carboxylic acids is 2. The van der Waals surface area contributed by atoms with Gasteiger partial charge in [-0.15, -0.1) is 0 Å². The van der Waals surface area contributed by atoms with Gasteiger partial charge < -0.3 is 9.53 Å². The minimum Gasteiger partial charge on any atom is -0.468 e. The maximum Gasteiger partial charge on any atom is 0.293 e. The molecule has 0 aromatic carbocycles. The summed E-state index contributed by atoms with van der Waals surface area (Å²) in [6, 6.07) is 0. The molecule has 0 spiro atoms. The van der Waals surface area contributed by atoms with E-state index in [-0.39, 0.29) is 0 Å². The van der Waals surface area contributed by atoms with Crippen LogP contribution in [0, 0.1) is 5.92 Å². The zero-order chi connectivity index (χ0) is 12.2. The van der Waals surface area contributed by atoms with E-state index in [1.807, 2.05) is 0 Å². The van der Waals surface area contributed by atoms with Gasteiger partial charge in [-0.25, -0.2) is 0 Å². The molecular formula is C13H24O3. The number of carbonyl (C=O) groups is 2. The van der Waals surface area contributed by atoms with Crippen LogP contribution in [-0.2, 0) is 14.3 Å². The van der Waals surface area contributed by atoms with Gasteiger partial charge in [-0.05, 0) is 26.2 Å². The number of ether oxygens (including phenoxy) is 1. The fourth-order valence-electron chi connectivity index (χ4n) is 1.95. The molecule has 0 heterocycles. The van der Waals surface area contributed by atoms with E-state index in [9.17, 15) is 9.59 Å². The van der Waals surface area contributed by atoms with E-state index >= 15 is 0 Å². The highest BCUT2D eigenvalue weighted by Gasteiger charge is 2.13. The average Bonchev–Trinajstić information content (AvgIpc) is 2.30. The lowest BCUT2D eigenvalue weighted by Crippen LogP contribution is -2.07. The van der Waals surface area contributed by atoms with Crippen molar-refractivity contribution in [3.05, 3.63) is 0 Å². The van der Waals surface area contributed by atoms with Crippen molar-refractivity contribution in [3.8, 4) is 0 Å². The summed E-state index contributed by atoms with van der Waals surface area (Å²) < 4.78 is 4.15. The topological polar surface area (TPSA) is 43.4 Å². The summed E-state index contributed by atoms with van der Waals surface area (Å²) in [7, 11) is 0. The average molecular weight is 228 g/mol. The van der Waals surface area contributed by atoms with Gasteiger partial charge >= 0.3 is 0 Å². The Kier molecular flexibility index (Phi) is 10.1. The molecule has 0 radical (unpaired) electrons. The van der Waals surface area contributed by atoms with Crippen LogP contribution < -0.4 is 0 Å². The Morgan fingerprint density at radius 1 is 1.31 bits per heavy atom. The normalized spacial score (nSPS) is 15.9. The monoisotopic (exact) mass is 228 g/mol. The Labute approximate surface area is 98.6 Å². The zero-order valence-corrected chi connectivity index (χ0v) is 10.5. The lowest BCUT2D eigenvalue weighted by atomic mass is 9.86. The second-order valence-electron chi connectivity index (χ2n) is 4.30. The minimum atomic E-state index is 0.357. The first-order valence-corrected chi connectivity index (χ1v) is 6.25. The predicted molar refractivity (Wildman–Crippen MR) is 64.2 cm³/mol. The van der Waals surface area contributed by atoms with Crippen LogP contribution in [0.15, 0.2) is 0 Å². The summed E-state index contributed by atoms with van der Waals surface area (Å²) in [5.41, 5.74) is 0. The first kappa shape index (κ1) is 15.1. The molecule has 0 unspecified atom stereocenters. The molecule has 3 heteroatoms. The highest BCUT2D eigenvalue weighted by Crippen LogP contribution is 2.27. The van der Waals surface area contributed by atoms with E-state index in [1.165, 1.54) is 32.1 Å². The van der Waals surface area contributed by atoms with Gasteiger partial charge in [0, 0.05) is 6.42 Å². The van der Waals surface area contributed by atoms with Gasteiger partial charge in [0.2, 0.25) is 0 Å². The smallest absolute Gasteiger partial charge is 0.293 e. The third kappa shape index (κ3) is 9.69. The second-order valence-corrected chi connectivity index (χ2v) is 4.30. The zero-order valence-electron chi connectivity index (χ0n) is 10.5. The molecule has 0 aromatic rings.